The SMILES string of the molecule is Cc1nc(C)c2c(c1O)CNC2. The number of rotatable bonds is 0. The van der Waals surface area contributed by atoms with Gasteiger partial charge in [0.05, 0.1) is 5.69 Å². The first kappa shape index (κ1) is 7.55. The zero-order valence-corrected chi connectivity index (χ0v) is 7.31. The van der Waals surface area contributed by atoms with Crippen LogP contribution in [0.2, 0.25) is 0 Å². The van der Waals surface area contributed by atoms with Crippen molar-refractivity contribution in [1.82, 2.24) is 10.3 Å². The first-order valence-electron chi connectivity index (χ1n) is 4.09. The summed E-state index contributed by atoms with van der Waals surface area (Å²) in [7, 11) is 0. The van der Waals surface area contributed by atoms with Gasteiger partial charge < -0.3 is 10.4 Å². The van der Waals surface area contributed by atoms with Gasteiger partial charge >= 0.3 is 0 Å². The summed E-state index contributed by atoms with van der Waals surface area (Å²) in [5, 5.41) is 12.8. The number of nitrogens with one attached hydrogen (secondary N) is 1. The topological polar surface area (TPSA) is 45.2 Å². The molecule has 2 N–H and O–H groups in total. The van der Waals surface area contributed by atoms with E-state index in [0.29, 0.717) is 5.75 Å². The number of hydrogen-bond donors (Lipinski definition) is 2. The molecule has 3 nitrogen and oxygen atoms in total. The summed E-state index contributed by atoms with van der Waals surface area (Å²) >= 11 is 0. The van der Waals surface area contributed by atoms with E-state index in [1.54, 1.807) is 0 Å². The van der Waals surface area contributed by atoms with Crippen molar-refractivity contribution in [2.45, 2.75) is 26.9 Å². The lowest BCUT2D eigenvalue weighted by Gasteiger charge is -2.06. The summed E-state index contributed by atoms with van der Waals surface area (Å²) in [5.74, 6) is 0.362. The van der Waals surface area contributed by atoms with Gasteiger partial charge in [-0.05, 0) is 19.4 Å². The van der Waals surface area contributed by atoms with E-state index in [9.17, 15) is 5.11 Å². The zero-order chi connectivity index (χ0) is 8.72. The average Bonchev–Trinajstić information content (AvgIpc) is 2.48. The highest BCUT2D eigenvalue weighted by molar-refractivity contribution is 5.45. The van der Waals surface area contributed by atoms with Crippen molar-refractivity contribution >= 4 is 0 Å². The molecular weight excluding hydrogens is 152 g/mol. The fourth-order valence-electron chi connectivity index (χ4n) is 1.69. The predicted molar refractivity (Wildman–Crippen MR) is 45.9 cm³/mol. The normalized spacial score (nSPS) is 14.8. The summed E-state index contributed by atoms with van der Waals surface area (Å²) in [4.78, 5) is 4.25. The third-order valence-corrected chi connectivity index (χ3v) is 2.37. The number of hydrogen-bond acceptors (Lipinski definition) is 3. The van der Waals surface area contributed by atoms with E-state index in [4.69, 9.17) is 0 Å². The maximum absolute atomic E-state index is 9.64. The number of aryl methyl sites for hydroxylation is 2. The molecule has 0 spiro atoms. The highest BCUT2D eigenvalue weighted by atomic mass is 16.3. The Hall–Kier alpha value is -1.09. The monoisotopic (exact) mass is 164 g/mol. The highest BCUT2D eigenvalue weighted by Crippen LogP contribution is 2.28. The Morgan fingerprint density at radius 1 is 1.17 bits per heavy atom. The van der Waals surface area contributed by atoms with Crippen molar-refractivity contribution in [3.8, 4) is 5.75 Å². The van der Waals surface area contributed by atoms with E-state index >= 15 is 0 Å². The second-order valence-corrected chi connectivity index (χ2v) is 3.19. The standard InChI is InChI=1S/C9H12N2O/c1-5-7-3-10-4-8(7)9(12)6(2)11-5/h10,12H,3-4H2,1-2H3. The maximum atomic E-state index is 9.64. The molecule has 0 radical (unpaired) electrons. The van der Waals surface area contributed by atoms with Crippen LogP contribution >= 0.6 is 0 Å². The second kappa shape index (κ2) is 2.45. The summed E-state index contributed by atoms with van der Waals surface area (Å²) in [6, 6.07) is 0. The lowest BCUT2D eigenvalue weighted by atomic mass is 10.1. The minimum absolute atomic E-state index is 0.362. The van der Waals surface area contributed by atoms with Crippen LogP contribution in [0.4, 0.5) is 0 Å². The molecule has 12 heavy (non-hydrogen) atoms. The third-order valence-electron chi connectivity index (χ3n) is 2.37. The molecule has 64 valence electrons. The van der Waals surface area contributed by atoms with Gasteiger partial charge in [-0.3, -0.25) is 4.98 Å². The summed E-state index contributed by atoms with van der Waals surface area (Å²) in [5.41, 5.74) is 3.96. The van der Waals surface area contributed by atoms with Crippen molar-refractivity contribution in [1.29, 1.82) is 0 Å². The van der Waals surface area contributed by atoms with Crippen LogP contribution in [0.3, 0.4) is 0 Å². The van der Waals surface area contributed by atoms with Crippen molar-refractivity contribution in [2.24, 2.45) is 0 Å². The van der Waals surface area contributed by atoms with Gasteiger partial charge in [0.25, 0.3) is 0 Å². The molecule has 0 bridgehead atoms. The second-order valence-electron chi connectivity index (χ2n) is 3.19. The number of aromatic nitrogens is 1. The quantitative estimate of drug-likeness (QED) is 0.601. The molecule has 0 amide bonds. The molecule has 1 aliphatic heterocycles. The third kappa shape index (κ3) is 0.898. The van der Waals surface area contributed by atoms with Crippen LogP contribution in [0.25, 0.3) is 0 Å². The molecule has 0 atom stereocenters. The minimum atomic E-state index is 0.362. The van der Waals surface area contributed by atoms with Crippen molar-refractivity contribution in [3.63, 3.8) is 0 Å². The van der Waals surface area contributed by atoms with Crippen LogP contribution in [0, 0.1) is 13.8 Å². The number of fused-ring (bicyclic) bond motifs is 1. The van der Waals surface area contributed by atoms with Gasteiger partial charge in [-0.25, -0.2) is 0 Å². The molecular formula is C9H12N2O. The average molecular weight is 164 g/mol. The first-order valence-corrected chi connectivity index (χ1v) is 4.09. The van der Waals surface area contributed by atoms with Gasteiger partial charge in [-0.15, -0.1) is 0 Å². The molecule has 2 rings (SSSR count). The molecule has 0 unspecified atom stereocenters. The maximum Gasteiger partial charge on any atom is 0.141 e. The van der Waals surface area contributed by atoms with E-state index in [-0.39, 0.29) is 0 Å². The molecule has 3 heteroatoms. The van der Waals surface area contributed by atoms with E-state index < -0.39 is 0 Å². The number of nitrogens with zero attached hydrogens (tertiary/aromatic N) is 1. The van der Waals surface area contributed by atoms with Crippen LogP contribution in [0.1, 0.15) is 22.5 Å². The van der Waals surface area contributed by atoms with Crippen LogP contribution in [0.5, 0.6) is 5.75 Å². The van der Waals surface area contributed by atoms with Gasteiger partial charge in [0.1, 0.15) is 5.75 Å². The molecule has 0 aliphatic carbocycles. The highest BCUT2D eigenvalue weighted by Gasteiger charge is 2.18. The van der Waals surface area contributed by atoms with Crippen LogP contribution in [-0.4, -0.2) is 10.1 Å². The van der Waals surface area contributed by atoms with Crippen molar-refractivity contribution < 1.29 is 5.11 Å². The molecule has 0 saturated heterocycles. The van der Waals surface area contributed by atoms with Crippen molar-refractivity contribution in [3.05, 3.63) is 22.5 Å². The Bertz CT molecular complexity index is 334. The molecule has 1 aliphatic rings. The Labute approximate surface area is 71.4 Å². The van der Waals surface area contributed by atoms with Crippen LogP contribution in [0.15, 0.2) is 0 Å². The van der Waals surface area contributed by atoms with Crippen LogP contribution < -0.4 is 5.32 Å². The van der Waals surface area contributed by atoms with E-state index in [1.807, 2.05) is 13.8 Å². The number of pyridine rings is 1. The summed E-state index contributed by atoms with van der Waals surface area (Å²) < 4.78 is 0. The van der Waals surface area contributed by atoms with Crippen molar-refractivity contribution in [2.75, 3.05) is 0 Å². The Morgan fingerprint density at radius 3 is 2.58 bits per heavy atom. The lowest BCUT2D eigenvalue weighted by Crippen LogP contribution is -2.00. The van der Waals surface area contributed by atoms with Gasteiger partial charge in [0, 0.05) is 24.3 Å². The largest absolute Gasteiger partial charge is 0.506 e. The number of aromatic hydroxyl groups is 1. The van der Waals surface area contributed by atoms with E-state index in [1.165, 1.54) is 0 Å². The molecule has 0 saturated carbocycles. The Morgan fingerprint density at radius 2 is 1.83 bits per heavy atom. The zero-order valence-electron chi connectivity index (χ0n) is 7.31. The lowest BCUT2D eigenvalue weighted by molar-refractivity contribution is 0.460. The van der Waals surface area contributed by atoms with Gasteiger partial charge in [-0.1, -0.05) is 0 Å². The van der Waals surface area contributed by atoms with E-state index in [2.05, 4.69) is 10.3 Å². The Balaban J connectivity index is 2.69. The van der Waals surface area contributed by atoms with Crippen LogP contribution in [-0.2, 0) is 13.1 Å². The molecule has 1 aromatic rings. The molecule has 0 fully saturated rings. The first-order chi connectivity index (χ1) is 5.70. The van der Waals surface area contributed by atoms with E-state index in [0.717, 1.165) is 35.6 Å². The molecule has 1 aromatic heterocycles. The minimum Gasteiger partial charge on any atom is -0.506 e. The van der Waals surface area contributed by atoms with Gasteiger partial charge in [-0.2, -0.15) is 0 Å². The fraction of sp³-hybridized carbons (Fsp3) is 0.444. The molecule has 2 heterocycles. The molecule has 0 aromatic carbocycles. The summed E-state index contributed by atoms with van der Waals surface area (Å²) in [6.45, 7) is 5.42. The smallest absolute Gasteiger partial charge is 0.141 e. The van der Waals surface area contributed by atoms with Gasteiger partial charge in [0.2, 0.25) is 0 Å². The Kier molecular flexibility index (Phi) is 1.54. The van der Waals surface area contributed by atoms with Gasteiger partial charge in [0.15, 0.2) is 0 Å². The predicted octanol–water partition coefficient (Wildman–Crippen LogP) is 1.01. The summed E-state index contributed by atoms with van der Waals surface area (Å²) in [6.07, 6.45) is 0. The fourth-order valence-corrected chi connectivity index (χ4v) is 1.69.